The van der Waals surface area contributed by atoms with E-state index in [0.29, 0.717) is 25.3 Å². The Balaban J connectivity index is 3.57. The second-order valence-corrected chi connectivity index (χ2v) is 3.29. The molecule has 0 aromatic carbocycles. The first-order chi connectivity index (χ1) is 6.45. The van der Waals surface area contributed by atoms with Gasteiger partial charge in [-0.25, -0.2) is 0 Å². The molecule has 82 valence electrons. The van der Waals surface area contributed by atoms with Crippen LogP contribution in [0.1, 0.15) is 12.8 Å². The highest BCUT2D eigenvalue weighted by Crippen LogP contribution is 1.92. The van der Waals surface area contributed by atoms with Gasteiger partial charge in [0.05, 0.1) is 20.6 Å². The van der Waals surface area contributed by atoms with E-state index >= 15 is 0 Å². The second-order valence-electron chi connectivity index (χ2n) is 3.29. The van der Waals surface area contributed by atoms with Crippen LogP contribution in [0.15, 0.2) is 0 Å². The van der Waals surface area contributed by atoms with E-state index in [0.717, 1.165) is 0 Å². The van der Waals surface area contributed by atoms with Gasteiger partial charge >= 0.3 is 11.9 Å². The van der Waals surface area contributed by atoms with Crippen molar-refractivity contribution in [3.63, 3.8) is 0 Å². The number of nitrogens with two attached hydrogens (primary N) is 2. The molecule has 0 heterocycles. The normalized spacial score (nSPS) is 11.9. The zero-order valence-electron chi connectivity index (χ0n) is 8.66. The van der Waals surface area contributed by atoms with Crippen molar-refractivity contribution in [1.82, 2.24) is 5.32 Å². The minimum absolute atomic E-state index is 0.447. The van der Waals surface area contributed by atoms with E-state index in [1.165, 1.54) is 0 Å². The maximum atomic E-state index is 10.4. The summed E-state index contributed by atoms with van der Waals surface area (Å²) >= 11 is 0. The maximum absolute atomic E-state index is 10.4. The molecule has 0 amide bonds. The Bertz CT molecular complexity index is 223. The zero-order valence-corrected chi connectivity index (χ0v) is 8.66. The van der Waals surface area contributed by atoms with Crippen LogP contribution in [0.2, 0.25) is 0 Å². The molecular weight excluding hydrogens is 184 g/mol. The predicted octanol–water partition coefficient (Wildman–Crippen LogP) is -1.65. The van der Waals surface area contributed by atoms with Gasteiger partial charge in [-0.2, -0.15) is 0 Å². The third-order valence-electron chi connectivity index (χ3n) is 1.80. The Labute approximate surface area is 83.6 Å². The van der Waals surface area contributed by atoms with Crippen LogP contribution in [0.25, 0.3) is 0 Å². The largest absolute Gasteiger partial charge is 0.480 e. The number of aliphatic carboxylic acids is 1. The first-order valence-electron chi connectivity index (χ1n) is 4.47. The van der Waals surface area contributed by atoms with Crippen LogP contribution in [0, 0.1) is 0 Å². The number of hydrogen-bond donors (Lipinski definition) is 4. The summed E-state index contributed by atoms with van der Waals surface area (Å²) in [5.41, 5.74) is 10.9. The third-order valence-corrected chi connectivity index (χ3v) is 1.80. The molecule has 6 N–H and O–H groups in total. The van der Waals surface area contributed by atoms with Crippen LogP contribution in [0.5, 0.6) is 0 Å². The van der Waals surface area contributed by atoms with Crippen molar-refractivity contribution < 1.29 is 14.5 Å². The van der Waals surface area contributed by atoms with E-state index in [-0.39, 0.29) is 0 Å². The lowest BCUT2D eigenvalue weighted by Crippen LogP contribution is -2.39. The molecule has 0 aliphatic carbocycles. The summed E-state index contributed by atoms with van der Waals surface area (Å²) in [6.07, 6.45) is 1.13. The summed E-state index contributed by atoms with van der Waals surface area (Å²) in [7, 11) is 3.65. The average Bonchev–Trinajstić information content (AvgIpc) is 2.11. The molecule has 0 aliphatic heterocycles. The molecule has 0 bridgehead atoms. The first-order valence-corrected chi connectivity index (χ1v) is 4.47. The first kappa shape index (κ1) is 12.7. The van der Waals surface area contributed by atoms with Gasteiger partial charge in [-0.1, -0.05) is 0 Å². The molecule has 6 nitrogen and oxygen atoms in total. The Kier molecular flexibility index (Phi) is 5.62. The highest BCUT2D eigenvalue weighted by atomic mass is 16.4. The summed E-state index contributed by atoms with van der Waals surface area (Å²) in [5, 5.41) is 11.4. The zero-order chi connectivity index (χ0) is 11.1. The van der Waals surface area contributed by atoms with Crippen LogP contribution < -0.4 is 16.8 Å². The Morgan fingerprint density at radius 2 is 2.14 bits per heavy atom. The molecule has 0 spiro atoms. The lowest BCUT2D eigenvalue weighted by atomic mass is 10.2. The van der Waals surface area contributed by atoms with Gasteiger partial charge in [-0.3, -0.25) is 20.4 Å². The van der Waals surface area contributed by atoms with Crippen LogP contribution in [0.3, 0.4) is 0 Å². The van der Waals surface area contributed by atoms with Crippen LogP contribution in [-0.4, -0.2) is 48.3 Å². The van der Waals surface area contributed by atoms with Crippen LogP contribution in [0.4, 0.5) is 0 Å². The van der Waals surface area contributed by atoms with Crippen molar-refractivity contribution in [2.75, 3.05) is 20.6 Å². The number of carboxylic acids is 1. The summed E-state index contributed by atoms with van der Waals surface area (Å²) < 4.78 is 1.75. The third kappa shape index (κ3) is 5.36. The number of guanidine groups is 1. The van der Waals surface area contributed by atoms with Gasteiger partial charge in [-0.05, 0) is 12.8 Å². The number of carbonyl (C=O) groups is 1. The molecule has 1 unspecified atom stereocenters. The van der Waals surface area contributed by atoms with Gasteiger partial charge in [0.25, 0.3) is 0 Å². The molecule has 0 fully saturated rings. The molecule has 14 heavy (non-hydrogen) atoms. The molecule has 0 saturated carbocycles. The SMILES string of the molecule is C[N+](C)=C(N)NCCCC(N)C(=O)O. The topological polar surface area (TPSA) is 104 Å². The molecule has 0 saturated heterocycles. The van der Waals surface area contributed by atoms with E-state index in [4.69, 9.17) is 16.6 Å². The van der Waals surface area contributed by atoms with E-state index in [1.54, 1.807) is 4.58 Å². The summed E-state index contributed by atoms with van der Waals surface area (Å²) in [6.45, 7) is 0.630. The van der Waals surface area contributed by atoms with Gasteiger partial charge in [0.2, 0.25) is 0 Å². The Morgan fingerprint density at radius 1 is 1.57 bits per heavy atom. The van der Waals surface area contributed by atoms with E-state index in [1.807, 2.05) is 14.1 Å². The highest BCUT2D eigenvalue weighted by Gasteiger charge is 2.10. The minimum Gasteiger partial charge on any atom is -0.480 e. The van der Waals surface area contributed by atoms with E-state index in [9.17, 15) is 4.79 Å². The van der Waals surface area contributed by atoms with Crippen molar-refractivity contribution in [2.45, 2.75) is 18.9 Å². The predicted molar refractivity (Wildman–Crippen MR) is 54.2 cm³/mol. The van der Waals surface area contributed by atoms with E-state index in [2.05, 4.69) is 5.32 Å². The summed E-state index contributed by atoms with van der Waals surface area (Å²) in [4.78, 5) is 10.4. The fourth-order valence-corrected chi connectivity index (χ4v) is 0.820. The molecule has 0 aromatic heterocycles. The lowest BCUT2D eigenvalue weighted by molar-refractivity contribution is -0.467. The Morgan fingerprint density at radius 3 is 2.57 bits per heavy atom. The maximum Gasteiger partial charge on any atom is 0.342 e. The summed E-state index contributed by atoms with van der Waals surface area (Å²) in [5.74, 6) is -0.400. The van der Waals surface area contributed by atoms with Crippen LogP contribution in [-0.2, 0) is 4.79 Å². The lowest BCUT2D eigenvalue weighted by Gasteiger charge is -2.05. The molecule has 0 aromatic rings. The second kappa shape index (κ2) is 6.20. The Hall–Kier alpha value is -1.30. The van der Waals surface area contributed by atoms with Crippen molar-refractivity contribution in [3.8, 4) is 0 Å². The number of nitrogens with one attached hydrogen (secondary N) is 1. The molecule has 0 radical (unpaired) electrons. The van der Waals surface area contributed by atoms with Crippen molar-refractivity contribution in [3.05, 3.63) is 0 Å². The van der Waals surface area contributed by atoms with Gasteiger partial charge in [0.15, 0.2) is 0 Å². The minimum atomic E-state index is -0.963. The average molecular weight is 203 g/mol. The van der Waals surface area contributed by atoms with Crippen molar-refractivity contribution in [2.24, 2.45) is 11.5 Å². The fraction of sp³-hybridized carbons (Fsp3) is 0.750. The fourth-order valence-electron chi connectivity index (χ4n) is 0.820. The van der Waals surface area contributed by atoms with Gasteiger partial charge in [0, 0.05) is 0 Å². The van der Waals surface area contributed by atoms with Crippen LogP contribution >= 0.6 is 0 Å². The van der Waals surface area contributed by atoms with Gasteiger partial charge < -0.3 is 10.8 Å². The number of nitrogens with zero attached hydrogens (tertiary/aromatic N) is 1. The summed E-state index contributed by atoms with van der Waals surface area (Å²) in [6, 6.07) is -0.780. The van der Waals surface area contributed by atoms with E-state index < -0.39 is 12.0 Å². The number of rotatable bonds is 5. The van der Waals surface area contributed by atoms with Crippen molar-refractivity contribution in [1.29, 1.82) is 0 Å². The van der Waals surface area contributed by atoms with Gasteiger partial charge in [-0.15, -0.1) is 0 Å². The molecule has 0 rings (SSSR count). The quantitative estimate of drug-likeness (QED) is 0.185. The number of carboxylic acid groups (broad SMARTS) is 1. The molecular formula is C8H19N4O2+. The molecule has 1 atom stereocenters. The standard InChI is InChI=1S/C8H18N4O2/c1-12(2)8(10)11-5-3-4-6(9)7(13)14/h6H,3-5,9H2,1-2H3,(H3,10,11,13,14)/p+1. The monoisotopic (exact) mass is 203 g/mol. The van der Waals surface area contributed by atoms with Crippen molar-refractivity contribution >= 4 is 11.9 Å². The highest BCUT2D eigenvalue weighted by molar-refractivity contribution is 5.73. The molecule has 6 heteroatoms. The van der Waals surface area contributed by atoms with Gasteiger partial charge in [0.1, 0.15) is 6.04 Å². The number of hydrogen-bond acceptors (Lipinski definition) is 2. The molecule has 0 aliphatic rings. The smallest absolute Gasteiger partial charge is 0.342 e.